The van der Waals surface area contributed by atoms with Crippen molar-refractivity contribution in [3.05, 3.63) is 66.2 Å². The minimum atomic E-state index is -0.330. The van der Waals surface area contributed by atoms with E-state index >= 15 is 0 Å². The van der Waals surface area contributed by atoms with Crippen molar-refractivity contribution in [1.82, 2.24) is 19.9 Å². The molecule has 8 nitrogen and oxygen atoms in total. The number of aromatic nitrogens is 3. The van der Waals surface area contributed by atoms with Gasteiger partial charge >= 0.3 is 0 Å². The van der Waals surface area contributed by atoms with Crippen LogP contribution < -0.4 is 15.5 Å². The van der Waals surface area contributed by atoms with Crippen LogP contribution in [-0.2, 0) is 11.3 Å². The van der Waals surface area contributed by atoms with Gasteiger partial charge in [-0.25, -0.2) is 9.97 Å². The average molecular weight is 432 g/mol. The molecule has 1 aromatic carbocycles. The Hall–Kier alpha value is -3.52. The van der Waals surface area contributed by atoms with Gasteiger partial charge in [0.25, 0.3) is 0 Å². The van der Waals surface area contributed by atoms with Crippen LogP contribution >= 0.6 is 0 Å². The van der Waals surface area contributed by atoms with Crippen molar-refractivity contribution in [2.24, 2.45) is 5.73 Å². The molecule has 2 aromatic heterocycles. The molecule has 2 N–H and O–H groups in total. The number of hydrogen-bond donors (Lipinski definition) is 1. The first-order valence-electron chi connectivity index (χ1n) is 10.8. The number of likely N-dealkylation sites (N-methyl/N-ethyl adjacent to an activating group) is 1. The summed E-state index contributed by atoms with van der Waals surface area (Å²) in [5, 5.41) is 0. The number of anilines is 2. The third kappa shape index (κ3) is 5.20. The van der Waals surface area contributed by atoms with E-state index in [9.17, 15) is 4.79 Å². The van der Waals surface area contributed by atoms with Crippen LogP contribution in [0, 0.1) is 6.92 Å². The van der Waals surface area contributed by atoms with Crippen LogP contribution in [0.3, 0.4) is 0 Å². The molecule has 1 aliphatic heterocycles. The maximum atomic E-state index is 11.1. The maximum absolute atomic E-state index is 11.1. The minimum Gasteiger partial charge on any atom is -0.369 e. The summed E-state index contributed by atoms with van der Waals surface area (Å²) in [6, 6.07) is 12.3. The summed E-state index contributed by atoms with van der Waals surface area (Å²) < 4.78 is 0. The molecule has 0 spiro atoms. The standard InChI is InChI=1S/C24H29N7O/c1-18-22(7-4-8-26-18)30-9-11-31(12-10-30)24-27-14-21(15-28-24)20-6-3-5-19(13-20)16-29(2)17-23(25)32/h3-8,13-15H,9-12,16-17H2,1-2H3,(H2,25,32). The Kier molecular flexibility index (Phi) is 6.61. The fraction of sp³-hybridized carbons (Fsp3) is 0.333. The molecular formula is C24H29N7O. The lowest BCUT2D eigenvalue weighted by Gasteiger charge is -2.36. The summed E-state index contributed by atoms with van der Waals surface area (Å²) >= 11 is 0. The van der Waals surface area contributed by atoms with Crippen LogP contribution in [0.1, 0.15) is 11.3 Å². The second-order valence-corrected chi connectivity index (χ2v) is 8.19. The summed E-state index contributed by atoms with van der Waals surface area (Å²) in [6.45, 7) is 6.50. The highest BCUT2D eigenvalue weighted by Crippen LogP contribution is 2.23. The third-order valence-electron chi connectivity index (χ3n) is 5.66. The Morgan fingerprint density at radius 1 is 1.00 bits per heavy atom. The normalized spacial score (nSPS) is 14.1. The average Bonchev–Trinajstić information content (AvgIpc) is 2.79. The summed E-state index contributed by atoms with van der Waals surface area (Å²) in [5.41, 5.74) is 10.7. The molecule has 0 radical (unpaired) electrons. The van der Waals surface area contributed by atoms with E-state index in [1.54, 1.807) is 0 Å². The van der Waals surface area contributed by atoms with Crippen LogP contribution in [0.5, 0.6) is 0 Å². The monoisotopic (exact) mass is 431 g/mol. The second kappa shape index (κ2) is 9.74. The van der Waals surface area contributed by atoms with Gasteiger partial charge in [-0.2, -0.15) is 0 Å². The number of carbonyl (C=O) groups is 1. The van der Waals surface area contributed by atoms with Gasteiger partial charge in [-0.3, -0.25) is 14.7 Å². The molecule has 0 bridgehead atoms. The fourth-order valence-electron chi connectivity index (χ4n) is 4.07. The molecule has 32 heavy (non-hydrogen) atoms. The van der Waals surface area contributed by atoms with Crippen molar-refractivity contribution in [2.45, 2.75) is 13.5 Å². The molecule has 0 atom stereocenters. The minimum absolute atomic E-state index is 0.232. The van der Waals surface area contributed by atoms with Crippen molar-refractivity contribution in [1.29, 1.82) is 0 Å². The number of carbonyl (C=O) groups excluding carboxylic acids is 1. The number of benzene rings is 1. The highest BCUT2D eigenvalue weighted by atomic mass is 16.1. The first-order valence-corrected chi connectivity index (χ1v) is 10.8. The van der Waals surface area contributed by atoms with Gasteiger partial charge in [-0.1, -0.05) is 18.2 Å². The molecule has 3 heterocycles. The zero-order valence-electron chi connectivity index (χ0n) is 18.6. The van der Waals surface area contributed by atoms with Gasteiger partial charge < -0.3 is 15.5 Å². The van der Waals surface area contributed by atoms with Gasteiger partial charge in [0.15, 0.2) is 0 Å². The van der Waals surface area contributed by atoms with Crippen LogP contribution in [0.4, 0.5) is 11.6 Å². The Morgan fingerprint density at radius 3 is 2.41 bits per heavy atom. The van der Waals surface area contributed by atoms with Gasteiger partial charge in [0, 0.05) is 56.9 Å². The highest BCUT2D eigenvalue weighted by Gasteiger charge is 2.20. The van der Waals surface area contributed by atoms with E-state index in [-0.39, 0.29) is 12.5 Å². The number of primary amides is 1. The molecule has 0 aliphatic carbocycles. The van der Waals surface area contributed by atoms with E-state index in [2.05, 4.69) is 36.9 Å². The van der Waals surface area contributed by atoms with Gasteiger partial charge in [-0.05, 0) is 43.3 Å². The first kappa shape index (κ1) is 21.7. The lowest BCUT2D eigenvalue weighted by molar-refractivity contribution is -0.118. The zero-order valence-corrected chi connectivity index (χ0v) is 18.6. The summed E-state index contributed by atoms with van der Waals surface area (Å²) in [5.74, 6) is 0.428. The molecule has 1 saturated heterocycles. The summed E-state index contributed by atoms with van der Waals surface area (Å²) in [7, 11) is 1.88. The van der Waals surface area contributed by atoms with Crippen molar-refractivity contribution >= 4 is 17.5 Å². The number of aryl methyl sites for hydroxylation is 1. The van der Waals surface area contributed by atoms with Crippen LogP contribution in [0.15, 0.2) is 55.0 Å². The number of amides is 1. The van der Waals surface area contributed by atoms with Crippen LogP contribution in [0.25, 0.3) is 11.1 Å². The molecule has 8 heteroatoms. The van der Waals surface area contributed by atoms with Crippen molar-refractivity contribution in [2.75, 3.05) is 49.6 Å². The number of nitrogens with zero attached hydrogens (tertiary/aromatic N) is 6. The molecule has 166 valence electrons. The van der Waals surface area contributed by atoms with Gasteiger partial charge in [0.05, 0.1) is 17.9 Å². The zero-order chi connectivity index (χ0) is 22.5. The SMILES string of the molecule is Cc1ncccc1N1CCN(c2ncc(-c3cccc(CN(C)CC(N)=O)c3)cn2)CC1. The third-order valence-corrected chi connectivity index (χ3v) is 5.66. The summed E-state index contributed by atoms with van der Waals surface area (Å²) in [4.78, 5) is 31.3. The number of rotatable bonds is 7. The van der Waals surface area contributed by atoms with Crippen molar-refractivity contribution < 1.29 is 4.79 Å². The Bertz CT molecular complexity index is 1060. The second-order valence-electron chi connectivity index (χ2n) is 8.19. The lowest BCUT2D eigenvalue weighted by Crippen LogP contribution is -2.47. The number of piperazine rings is 1. The van der Waals surface area contributed by atoms with E-state index in [0.717, 1.165) is 54.5 Å². The van der Waals surface area contributed by atoms with E-state index in [0.29, 0.717) is 6.54 Å². The molecule has 4 rings (SSSR count). The van der Waals surface area contributed by atoms with Crippen LogP contribution in [-0.4, -0.2) is 65.5 Å². The Labute approximate surface area is 188 Å². The fourth-order valence-corrected chi connectivity index (χ4v) is 4.07. The number of pyridine rings is 1. The highest BCUT2D eigenvalue weighted by molar-refractivity contribution is 5.75. The Balaban J connectivity index is 1.39. The van der Waals surface area contributed by atoms with Gasteiger partial charge in [-0.15, -0.1) is 0 Å². The molecule has 1 aliphatic rings. The first-order chi connectivity index (χ1) is 15.5. The topological polar surface area (TPSA) is 91.5 Å². The lowest BCUT2D eigenvalue weighted by atomic mass is 10.1. The van der Waals surface area contributed by atoms with E-state index < -0.39 is 0 Å². The quantitative estimate of drug-likeness (QED) is 0.612. The molecule has 0 saturated carbocycles. The van der Waals surface area contributed by atoms with Crippen LogP contribution in [0.2, 0.25) is 0 Å². The molecule has 1 fully saturated rings. The number of hydrogen-bond acceptors (Lipinski definition) is 7. The van der Waals surface area contributed by atoms with E-state index in [1.807, 2.05) is 61.7 Å². The summed E-state index contributed by atoms with van der Waals surface area (Å²) in [6.07, 6.45) is 5.60. The van der Waals surface area contributed by atoms with Crippen molar-refractivity contribution in [3.63, 3.8) is 0 Å². The predicted octanol–water partition coefficient (Wildman–Crippen LogP) is 2.09. The molecular weight excluding hydrogens is 402 g/mol. The largest absolute Gasteiger partial charge is 0.369 e. The Morgan fingerprint density at radius 2 is 1.72 bits per heavy atom. The van der Waals surface area contributed by atoms with E-state index in [4.69, 9.17) is 5.73 Å². The predicted molar refractivity (Wildman–Crippen MR) is 126 cm³/mol. The molecule has 0 unspecified atom stereocenters. The number of nitrogens with two attached hydrogens (primary N) is 1. The molecule has 3 aromatic rings. The van der Waals surface area contributed by atoms with Crippen molar-refractivity contribution in [3.8, 4) is 11.1 Å². The van der Waals surface area contributed by atoms with Gasteiger partial charge in [0.1, 0.15) is 0 Å². The molecule has 1 amide bonds. The van der Waals surface area contributed by atoms with Gasteiger partial charge in [0.2, 0.25) is 11.9 Å². The maximum Gasteiger partial charge on any atom is 0.231 e. The van der Waals surface area contributed by atoms with E-state index in [1.165, 1.54) is 5.69 Å². The smallest absolute Gasteiger partial charge is 0.231 e.